The van der Waals surface area contributed by atoms with Crippen molar-refractivity contribution in [3.63, 3.8) is 0 Å². The number of hydrogen-bond acceptors (Lipinski definition) is 2. The molecule has 0 aromatic heterocycles. The Bertz CT molecular complexity index is 554. The van der Waals surface area contributed by atoms with Gasteiger partial charge >= 0.3 is 0 Å². The zero-order chi connectivity index (χ0) is 13.0. The summed E-state index contributed by atoms with van der Waals surface area (Å²) in [6.07, 6.45) is 0. The van der Waals surface area contributed by atoms with Gasteiger partial charge in [-0.2, -0.15) is 0 Å². The summed E-state index contributed by atoms with van der Waals surface area (Å²) < 4.78 is 12.2. The molecule has 2 rings (SSSR count). The Balaban J connectivity index is 2.13. The van der Waals surface area contributed by atoms with Crippen LogP contribution in [-0.2, 0) is 23.1 Å². The molecule has 0 radical (unpaired) electrons. The fourth-order valence-electron chi connectivity index (χ4n) is 1.67. The molecule has 0 aliphatic carbocycles. The third-order valence-electron chi connectivity index (χ3n) is 2.60. The van der Waals surface area contributed by atoms with Crippen molar-refractivity contribution in [1.82, 2.24) is 0 Å². The molecule has 0 aliphatic heterocycles. The van der Waals surface area contributed by atoms with Crippen LogP contribution >= 0.6 is 11.6 Å². The van der Waals surface area contributed by atoms with E-state index >= 15 is 0 Å². The molecule has 0 bridgehead atoms. The summed E-state index contributed by atoms with van der Waals surface area (Å²) in [6, 6.07) is 15.0. The average molecular weight is 280 g/mol. The molecule has 2 nitrogen and oxygen atoms in total. The van der Waals surface area contributed by atoms with Crippen LogP contribution in [0.2, 0.25) is 5.02 Å². The van der Waals surface area contributed by atoms with E-state index < -0.39 is 10.8 Å². The lowest BCUT2D eigenvalue weighted by Crippen LogP contribution is -2.00. The van der Waals surface area contributed by atoms with Gasteiger partial charge in [0.1, 0.15) is 0 Å². The highest BCUT2D eigenvalue weighted by atomic mass is 35.5. The maximum atomic E-state index is 12.2. The third-order valence-corrected chi connectivity index (χ3v) is 4.25. The maximum Gasteiger partial charge on any atom is 0.0574 e. The molecule has 0 heterocycles. The molecule has 18 heavy (non-hydrogen) atoms. The minimum absolute atomic E-state index is 0.496. The minimum Gasteiger partial charge on any atom is -0.326 e. The lowest BCUT2D eigenvalue weighted by Gasteiger charge is -2.04. The Morgan fingerprint density at radius 2 is 1.72 bits per heavy atom. The molecule has 0 saturated heterocycles. The average Bonchev–Trinajstić information content (AvgIpc) is 2.39. The van der Waals surface area contributed by atoms with Crippen LogP contribution in [0.15, 0.2) is 53.4 Å². The molecule has 0 aliphatic rings. The van der Waals surface area contributed by atoms with Gasteiger partial charge in [-0.15, -0.1) is 0 Å². The van der Waals surface area contributed by atoms with E-state index in [2.05, 4.69) is 0 Å². The standard InChI is InChI=1S/C14H14ClNOS/c15-13-4-6-14(7-5-13)18(17)10-12-3-1-2-11(8-12)9-16/h1-8H,9-10,16H2. The summed E-state index contributed by atoms with van der Waals surface area (Å²) in [5.74, 6) is 0.496. The molecule has 2 N–H and O–H groups in total. The van der Waals surface area contributed by atoms with Crippen LogP contribution in [0.5, 0.6) is 0 Å². The van der Waals surface area contributed by atoms with Gasteiger partial charge in [0, 0.05) is 16.5 Å². The van der Waals surface area contributed by atoms with Crippen LogP contribution in [-0.4, -0.2) is 4.21 Å². The number of hydrogen-bond donors (Lipinski definition) is 1. The first-order chi connectivity index (χ1) is 8.69. The van der Waals surface area contributed by atoms with Gasteiger partial charge in [0.15, 0.2) is 0 Å². The fraction of sp³-hybridized carbons (Fsp3) is 0.143. The van der Waals surface area contributed by atoms with E-state index in [0.29, 0.717) is 17.3 Å². The van der Waals surface area contributed by atoms with E-state index in [4.69, 9.17) is 17.3 Å². The van der Waals surface area contributed by atoms with Crippen LogP contribution in [0.4, 0.5) is 0 Å². The van der Waals surface area contributed by atoms with Crippen LogP contribution in [0, 0.1) is 0 Å². The molecule has 1 atom stereocenters. The van der Waals surface area contributed by atoms with Crippen molar-refractivity contribution in [2.24, 2.45) is 5.73 Å². The highest BCUT2D eigenvalue weighted by molar-refractivity contribution is 7.84. The first-order valence-corrected chi connectivity index (χ1v) is 7.30. The van der Waals surface area contributed by atoms with Gasteiger partial charge in [-0.1, -0.05) is 35.9 Å². The monoisotopic (exact) mass is 279 g/mol. The fourth-order valence-corrected chi connectivity index (χ4v) is 2.88. The van der Waals surface area contributed by atoms with E-state index in [-0.39, 0.29) is 0 Å². The predicted molar refractivity (Wildman–Crippen MR) is 75.9 cm³/mol. The number of rotatable bonds is 4. The van der Waals surface area contributed by atoms with Crippen molar-refractivity contribution in [1.29, 1.82) is 0 Å². The Morgan fingerprint density at radius 1 is 1.06 bits per heavy atom. The predicted octanol–water partition coefficient (Wildman–Crippen LogP) is 3.11. The Morgan fingerprint density at radius 3 is 2.39 bits per heavy atom. The Kier molecular flexibility index (Phi) is 4.53. The summed E-state index contributed by atoms with van der Waals surface area (Å²) in [6.45, 7) is 0.501. The van der Waals surface area contributed by atoms with Gasteiger partial charge < -0.3 is 5.73 Å². The molecule has 4 heteroatoms. The minimum atomic E-state index is -1.05. The molecule has 1 unspecified atom stereocenters. The van der Waals surface area contributed by atoms with Gasteiger partial charge in [0.2, 0.25) is 0 Å². The van der Waals surface area contributed by atoms with Crippen molar-refractivity contribution in [2.45, 2.75) is 17.2 Å². The SMILES string of the molecule is NCc1cccc(CS(=O)c2ccc(Cl)cc2)c1. The van der Waals surface area contributed by atoms with Crippen LogP contribution < -0.4 is 5.73 Å². The molecular formula is C14H14ClNOS. The Hall–Kier alpha value is -1.16. The van der Waals surface area contributed by atoms with Crippen LogP contribution in [0.25, 0.3) is 0 Å². The molecule has 2 aromatic rings. The maximum absolute atomic E-state index is 12.2. The van der Waals surface area contributed by atoms with Gasteiger partial charge in [-0.25, -0.2) is 0 Å². The lowest BCUT2D eigenvalue weighted by atomic mass is 10.1. The van der Waals surface area contributed by atoms with Crippen LogP contribution in [0.1, 0.15) is 11.1 Å². The second kappa shape index (κ2) is 6.14. The molecule has 0 spiro atoms. The summed E-state index contributed by atoms with van der Waals surface area (Å²) in [5.41, 5.74) is 7.68. The molecule has 2 aromatic carbocycles. The van der Waals surface area contributed by atoms with Crippen molar-refractivity contribution in [3.05, 3.63) is 64.7 Å². The topological polar surface area (TPSA) is 43.1 Å². The first kappa shape index (κ1) is 13.3. The summed E-state index contributed by atoms with van der Waals surface area (Å²) in [4.78, 5) is 0.789. The van der Waals surface area contributed by atoms with Crippen molar-refractivity contribution >= 4 is 22.4 Å². The molecule has 0 amide bonds. The highest BCUT2D eigenvalue weighted by Gasteiger charge is 2.05. The van der Waals surface area contributed by atoms with E-state index in [0.717, 1.165) is 16.0 Å². The smallest absolute Gasteiger partial charge is 0.0574 e. The quantitative estimate of drug-likeness (QED) is 0.934. The van der Waals surface area contributed by atoms with Gasteiger partial charge in [-0.3, -0.25) is 4.21 Å². The van der Waals surface area contributed by atoms with E-state index in [1.54, 1.807) is 24.3 Å². The molecular weight excluding hydrogens is 266 g/mol. The van der Waals surface area contributed by atoms with Gasteiger partial charge in [0.25, 0.3) is 0 Å². The zero-order valence-electron chi connectivity index (χ0n) is 9.80. The van der Waals surface area contributed by atoms with Gasteiger partial charge in [0.05, 0.1) is 16.6 Å². The molecule has 94 valence electrons. The number of halogens is 1. The third kappa shape index (κ3) is 3.42. The Labute approximate surface area is 114 Å². The second-order valence-electron chi connectivity index (χ2n) is 3.97. The first-order valence-electron chi connectivity index (χ1n) is 5.61. The largest absolute Gasteiger partial charge is 0.326 e. The lowest BCUT2D eigenvalue weighted by molar-refractivity contribution is 0.682. The zero-order valence-corrected chi connectivity index (χ0v) is 11.4. The van der Waals surface area contributed by atoms with Crippen molar-refractivity contribution in [3.8, 4) is 0 Å². The molecule has 0 fully saturated rings. The van der Waals surface area contributed by atoms with Crippen LogP contribution in [0.3, 0.4) is 0 Å². The number of benzene rings is 2. The van der Waals surface area contributed by atoms with Crippen molar-refractivity contribution < 1.29 is 4.21 Å². The van der Waals surface area contributed by atoms with E-state index in [9.17, 15) is 4.21 Å². The highest BCUT2D eigenvalue weighted by Crippen LogP contribution is 2.16. The number of nitrogens with two attached hydrogens (primary N) is 1. The summed E-state index contributed by atoms with van der Waals surface area (Å²) in [7, 11) is -1.05. The van der Waals surface area contributed by atoms with E-state index in [1.807, 2.05) is 24.3 Å². The summed E-state index contributed by atoms with van der Waals surface area (Å²) in [5, 5.41) is 0.654. The second-order valence-corrected chi connectivity index (χ2v) is 5.86. The van der Waals surface area contributed by atoms with Crippen molar-refractivity contribution in [2.75, 3.05) is 0 Å². The van der Waals surface area contributed by atoms with Gasteiger partial charge in [-0.05, 0) is 35.4 Å². The normalized spacial score (nSPS) is 12.3. The van der Waals surface area contributed by atoms with E-state index in [1.165, 1.54) is 0 Å². The summed E-state index contributed by atoms with van der Waals surface area (Å²) >= 11 is 5.80. The molecule has 0 saturated carbocycles.